The summed E-state index contributed by atoms with van der Waals surface area (Å²) >= 11 is 9.69. The van der Waals surface area contributed by atoms with Crippen molar-refractivity contribution < 1.29 is 9.59 Å². The van der Waals surface area contributed by atoms with E-state index >= 15 is 0 Å². The summed E-state index contributed by atoms with van der Waals surface area (Å²) in [6, 6.07) is 16.5. The van der Waals surface area contributed by atoms with Gasteiger partial charge in [0.25, 0.3) is 11.8 Å². The highest BCUT2D eigenvalue weighted by atomic mass is 79.9. The van der Waals surface area contributed by atoms with E-state index in [0.717, 1.165) is 22.3 Å². The molecule has 1 aliphatic rings. The minimum atomic E-state index is -0.403. The third kappa shape index (κ3) is 3.58. The topological polar surface area (TPSA) is 49.4 Å². The summed E-state index contributed by atoms with van der Waals surface area (Å²) in [5.41, 5.74) is 3.89. The first-order valence-electron chi connectivity index (χ1n) is 6.95. The number of hydrogen-bond acceptors (Lipinski definition) is 4. The van der Waals surface area contributed by atoms with Gasteiger partial charge >= 0.3 is 0 Å². The fourth-order valence-corrected chi connectivity index (χ4v) is 3.72. The molecule has 0 atom stereocenters. The molecule has 2 aromatic carbocycles. The van der Waals surface area contributed by atoms with Crippen molar-refractivity contribution in [3.63, 3.8) is 0 Å². The summed E-state index contributed by atoms with van der Waals surface area (Å²) in [5, 5.41) is 1.11. The molecule has 1 saturated heterocycles. The Morgan fingerprint density at radius 1 is 1.12 bits per heavy atom. The fourth-order valence-electron chi connectivity index (χ4n) is 2.07. The number of amides is 2. The number of carbonyl (C=O) groups is 2. The molecule has 1 aliphatic heterocycles. The van der Waals surface area contributed by atoms with Gasteiger partial charge in [0, 0.05) is 4.47 Å². The second-order valence-electron chi connectivity index (χ2n) is 4.85. The summed E-state index contributed by atoms with van der Waals surface area (Å²) in [6.07, 6.45) is 1.75. The van der Waals surface area contributed by atoms with Crippen LogP contribution in [0.3, 0.4) is 0 Å². The second-order valence-corrected chi connectivity index (χ2v) is 7.38. The summed E-state index contributed by atoms with van der Waals surface area (Å²) < 4.78 is 0.940. The van der Waals surface area contributed by atoms with Gasteiger partial charge in [-0.1, -0.05) is 54.2 Å². The smallest absolute Gasteiger partial charge is 0.267 e. The predicted molar refractivity (Wildman–Crippen MR) is 103 cm³/mol. The van der Waals surface area contributed by atoms with Gasteiger partial charge in [0.2, 0.25) is 0 Å². The van der Waals surface area contributed by atoms with Crippen LogP contribution in [0.4, 0.5) is 0 Å². The number of rotatable bonds is 3. The first-order valence-corrected chi connectivity index (χ1v) is 8.96. The zero-order valence-corrected chi connectivity index (χ0v) is 15.5. The molecule has 2 aromatic rings. The Balaban J connectivity index is 1.79. The Morgan fingerprint density at radius 3 is 2.50 bits per heavy atom. The van der Waals surface area contributed by atoms with Crippen molar-refractivity contribution >= 4 is 62.1 Å². The number of hydrogen-bond donors (Lipinski definition) is 1. The lowest BCUT2D eigenvalue weighted by Gasteiger charge is -2.16. The largest absolute Gasteiger partial charge is 0.285 e. The van der Waals surface area contributed by atoms with Gasteiger partial charge in [-0.15, -0.1) is 0 Å². The fraction of sp³-hybridized carbons (Fsp3) is 0. The Morgan fingerprint density at radius 2 is 1.79 bits per heavy atom. The van der Waals surface area contributed by atoms with Crippen LogP contribution in [0.5, 0.6) is 0 Å². The molecule has 1 N–H and O–H groups in total. The maximum Gasteiger partial charge on any atom is 0.285 e. The third-order valence-electron chi connectivity index (χ3n) is 3.22. The number of thioether (sulfide) groups is 1. The van der Waals surface area contributed by atoms with E-state index in [0.29, 0.717) is 19.3 Å². The molecule has 7 heteroatoms. The Kier molecular flexibility index (Phi) is 5.13. The zero-order valence-electron chi connectivity index (χ0n) is 12.2. The van der Waals surface area contributed by atoms with Crippen molar-refractivity contribution in [2.75, 3.05) is 0 Å². The minimum absolute atomic E-state index is 0.294. The first-order chi connectivity index (χ1) is 11.6. The van der Waals surface area contributed by atoms with Crippen LogP contribution in [0, 0.1) is 0 Å². The highest BCUT2D eigenvalue weighted by Gasteiger charge is 2.33. The van der Waals surface area contributed by atoms with Gasteiger partial charge in [0.05, 0.1) is 10.5 Å². The van der Waals surface area contributed by atoms with Crippen LogP contribution in [-0.2, 0) is 4.79 Å². The van der Waals surface area contributed by atoms with E-state index in [2.05, 4.69) is 21.4 Å². The van der Waals surface area contributed by atoms with Gasteiger partial charge in [-0.3, -0.25) is 15.0 Å². The Bertz CT molecular complexity index is 853. The van der Waals surface area contributed by atoms with Gasteiger partial charge in [-0.25, -0.2) is 0 Å². The van der Waals surface area contributed by atoms with Crippen LogP contribution >= 0.6 is 39.9 Å². The van der Waals surface area contributed by atoms with Crippen molar-refractivity contribution in [1.82, 2.24) is 10.4 Å². The van der Waals surface area contributed by atoms with E-state index in [1.54, 1.807) is 24.3 Å². The van der Waals surface area contributed by atoms with Crippen LogP contribution in [-0.4, -0.2) is 21.1 Å². The van der Waals surface area contributed by atoms with E-state index < -0.39 is 5.91 Å². The average molecular weight is 419 g/mol. The van der Waals surface area contributed by atoms with E-state index in [9.17, 15) is 9.59 Å². The Hall–Kier alpha value is -1.96. The zero-order chi connectivity index (χ0) is 17.1. The van der Waals surface area contributed by atoms with Gasteiger partial charge in [0.1, 0.15) is 0 Å². The quantitative estimate of drug-likeness (QED) is 0.604. The van der Waals surface area contributed by atoms with Gasteiger partial charge in [0.15, 0.2) is 4.32 Å². The summed E-state index contributed by atoms with van der Waals surface area (Å²) in [6.45, 7) is 0. The van der Waals surface area contributed by atoms with E-state index in [1.807, 2.05) is 36.4 Å². The van der Waals surface area contributed by atoms with Crippen molar-refractivity contribution in [1.29, 1.82) is 0 Å². The molecule has 24 heavy (non-hydrogen) atoms. The van der Waals surface area contributed by atoms with E-state index in [-0.39, 0.29) is 5.91 Å². The van der Waals surface area contributed by atoms with E-state index in [4.69, 9.17) is 12.2 Å². The molecule has 4 nitrogen and oxygen atoms in total. The van der Waals surface area contributed by atoms with Gasteiger partial charge < -0.3 is 0 Å². The summed E-state index contributed by atoms with van der Waals surface area (Å²) in [4.78, 5) is 25.3. The highest BCUT2D eigenvalue weighted by molar-refractivity contribution is 9.10. The molecule has 0 aromatic heterocycles. The Labute approximate surface area is 157 Å². The molecule has 0 aliphatic carbocycles. The maximum absolute atomic E-state index is 12.5. The van der Waals surface area contributed by atoms with Crippen LogP contribution < -0.4 is 5.43 Å². The number of thiocarbonyl (C=S) groups is 1. The molecule has 120 valence electrons. The summed E-state index contributed by atoms with van der Waals surface area (Å²) in [7, 11) is 0. The first kappa shape index (κ1) is 16.9. The van der Waals surface area contributed by atoms with Crippen molar-refractivity contribution in [3.8, 4) is 0 Å². The third-order valence-corrected chi connectivity index (χ3v) is 5.22. The van der Waals surface area contributed by atoms with Gasteiger partial charge in [-0.2, -0.15) is 5.01 Å². The highest BCUT2D eigenvalue weighted by Crippen LogP contribution is 2.31. The average Bonchev–Trinajstić information content (AvgIpc) is 2.83. The molecule has 0 bridgehead atoms. The molecule has 0 unspecified atom stereocenters. The van der Waals surface area contributed by atoms with Gasteiger partial charge in [-0.05, 0) is 51.9 Å². The lowest BCUT2D eigenvalue weighted by Crippen LogP contribution is -2.44. The van der Waals surface area contributed by atoms with Crippen molar-refractivity contribution in [2.45, 2.75) is 0 Å². The lowest BCUT2D eigenvalue weighted by molar-refractivity contribution is -0.123. The number of nitrogens with zero attached hydrogens (tertiary/aromatic N) is 1. The monoisotopic (exact) mass is 418 g/mol. The number of nitrogens with one attached hydrogen (secondary N) is 1. The predicted octanol–water partition coefficient (Wildman–Crippen LogP) is 4.00. The molecule has 2 amide bonds. The molecule has 1 fully saturated rings. The molecule has 0 saturated carbocycles. The van der Waals surface area contributed by atoms with E-state index in [1.165, 1.54) is 0 Å². The minimum Gasteiger partial charge on any atom is -0.267 e. The number of benzene rings is 2. The van der Waals surface area contributed by atoms with Crippen LogP contribution in [0.15, 0.2) is 64.0 Å². The molecule has 1 heterocycles. The molecular formula is C17H11BrN2O2S2. The van der Waals surface area contributed by atoms with Crippen LogP contribution in [0.2, 0.25) is 0 Å². The number of halogens is 1. The number of hydrazine groups is 1. The SMILES string of the molecule is O=C(NN1C(=O)C(=Cc2ccccc2)SC1=S)c1ccccc1Br. The van der Waals surface area contributed by atoms with Crippen LogP contribution in [0.1, 0.15) is 15.9 Å². The second kappa shape index (κ2) is 7.29. The number of carbonyl (C=O) groups excluding carboxylic acids is 2. The van der Waals surface area contributed by atoms with Crippen LogP contribution in [0.25, 0.3) is 6.08 Å². The maximum atomic E-state index is 12.5. The summed E-state index contributed by atoms with van der Waals surface area (Å²) in [5.74, 6) is -0.742. The molecule has 0 spiro atoms. The normalized spacial score (nSPS) is 15.9. The molecule has 0 radical (unpaired) electrons. The lowest BCUT2D eigenvalue weighted by atomic mass is 10.2. The van der Waals surface area contributed by atoms with Crippen molar-refractivity contribution in [3.05, 3.63) is 75.1 Å². The standard InChI is InChI=1S/C17H11BrN2O2S2/c18-13-9-5-4-8-12(13)15(21)19-20-16(22)14(24-17(20)23)10-11-6-2-1-3-7-11/h1-10H,(H,19,21). The molecule has 3 rings (SSSR count). The van der Waals surface area contributed by atoms with Crippen molar-refractivity contribution in [2.24, 2.45) is 0 Å². The molecular weight excluding hydrogens is 408 g/mol.